The van der Waals surface area contributed by atoms with Crippen LogP contribution in [0.2, 0.25) is 0 Å². The lowest BCUT2D eigenvalue weighted by Gasteiger charge is -2.32. The molecule has 0 saturated carbocycles. The van der Waals surface area contributed by atoms with E-state index in [0.717, 1.165) is 21.5 Å². The van der Waals surface area contributed by atoms with Gasteiger partial charge in [-0.15, -0.1) is 0 Å². The number of carbonyl (C=O) groups is 2. The largest absolute Gasteiger partial charge is 0.497 e. The topological polar surface area (TPSA) is 139 Å². The number of nitro benzene ring substituents is 1. The summed E-state index contributed by atoms with van der Waals surface area (Å²) < 4.78 is 34.2. The summed E-state index contributed by atoms with van der Waals surface area (Å²) in [4.78, 5) is 39.2. The number of nitro groups is 1. The molecule has 230 valence electrons. The number of aryl methyl sites for hydroxylation is 2. The molecule has 0 saturated heterocycles. The molecule has 0 aliphatic heterocycles. The Labute approximate surface area is 252 Å². The van der Waals surface area contributed by atoms with Gasteiger partial charge in [0.05, 0.1) is 22.6 Å². The summed E-state index contributed by atoms with van der Waals surface area (Å²) >= 11 is 0. The van der Waals surface area contributed by atoms with Crippen LogP contribution in [0.25, 0.3) is 0 Å². The number of hydrogen-bond acceptors (Lipinski definition) is 7. The Bertz CT molecular complexity index is 1580. The molecule has 0 unspecified atom stereocenters. The van der Waals surface area contributed by atoms with Crippen LogP contribution >= 0.6 is 0 Å². The number of rotatable bonds is 13. The van der Waals surface area contributed by atoms with Gasteiger partial charge in [0.25, 0.3) is 15.7 Å². The molecule has 3 rings (SSSR count). The van der Waals surface area contributed by atoms with E-state index in [2.05, 4.69) is 5.32 Å². The summed E-state index contributed by atoms with van der Waals surface area (Å²) in [5, 5.41) is 14.5. The van der Waals surface area contributed by atoms with Crippen LogP contribution in [0.3, 0.4) is 0 Å². The smallest absolute Gasteiger partial charge is 0.273 e. The molecule has 0 aliphatic carbocycles. The molecule has 3 aromatic rings. The van der Waals surface area contributed by atoms with Crippen LogP contribution in [0.1, 0.15) is 43.9 Å². The van der Waals surface area contributed by atoms with E-state index in [1.54, 1.807) is 19.1 Å². The summed E-state index contributed by atoms with van der Waals surface area (Å²) in [6.45, 7) is 8.18. The minimum absolute atomic E-state index is 0.0626. The van der Waals surface area contributed by atoms with Gasteiger partial charge < -0.3 is 15.0 Å². The number of carbonyl (C=O) groups excluding carboxylic acids is 2. The predicted molar refractivity (Wildman–Crippen MR) is 164 cm³/mol. The van der Waals surface area contributed by atoms with E-state index in [-0.39, 0.29) is 34.8 Å². The van der Waals surface area contributed by atoms with Crippen molar-refractivity contribution in [2.75, 3.05) is 18.0 Å². The van der Waals surface area contributed by atoms with Crippen molar-refractivity contribution in [3.05, 3.63) is 93.5 Å². The molecular weight excluding hydrogens is 572 g/mol. The monoisotopic (exact) mass is 610 g/mol. The fourth-order valence-electron chi connectivity index (χ4n) is 4.37. The summed E-state index contributed by atoms with van der Waals surface area (Å²) in [6.07, 6.45) is 0.691. The zero-order chi connectivity index (χ0) is 31.9. The molecule has 0 bridgehead atoms. The summed E-state index contributed by atoms with van der Waals surface area (Å²) in [5.74, 6) is -0.532. The van der Waals surface area contributed by atoms with Crippen LogP contribution in [-0.4, -0.2) is 55.8 Å². The first-order valence-corrected chi connectivity index (χ1v) is 15.3. The molecule has 43 heavy (non-hydrogen) atoms. The molecule has 1 N–H and O–H groups in total. The average molecular weight is 611 g/mol. The lowest BCUT2D eigenvalue weighted by Crippen LogP contribution is -2.52. The standard InChI is InChI=1S/C31H38N4O7S/c1-7-23(4)32-31(37)24(5)33(19-25-11-9-8-10-21(25)2)30(36)20-34(26-13-15-27(42-6)16-14-26)43(40,41)28-17-12-22(3)29(18-28)35(38)39/h8-18,23-24H,7,19-20H2,1-6H3,(H,32,37)/t23-,24-/m0/s1. The Kier molecular flexibility index (Phi) is 10.9. The highest BCUT2D eigenvalue weighted by Gasteiger charge is 2.34. The lowest BCUT2D eigenvalue weighted by atomic mass is 10.1. The van der Waals surface area contributed by atoms with Gasteiger partial charge in [-0.1, -0.05) is 37.3 Å². The molecule has 0 fully saturated rings. The molecule has 2 atom stereocenters. The highest BCUT2D eigenvalue weighted by atomic mass is 32.2. The first-order valence-electron chi connectivity index (χ1n) is 13.9. The number of methoxy groups -OCH3 is 1. The molecular formula is C31H38N4O7S. The quantitative estimate of drug-likeness (QED) is 0.218. The van der Waals surface area contributed by atoms with Crippen LogP contribution in [0, 0.1) is 24.0 Å². The van der Waals surface area contributed by atoms with E-state index < -0.39 is 33.4 Å². The third kappa shape index (κ3) is 7.89. The van der Waals surface area contributed by atoms with Gasteiger partial charge in [-0.05, 0) is 75.6 Å². The van der Waals surface area contributed by atoms with E-state index in [1.165, 1.54) is 43.2 Å². The number of sulfonamides is 1. The van der Waals surface area contributed by atoms with Crippen molar-refractivity contribution < 1.29 is 27.7 Å². The maximum atomic E-state index is 14.1. The van der Waals surface area contributed by atoms with Crippen LogP contribution in [0.4, 0.5) is 11.4 Å². The number of amides is 2. The van der Waals surface area contributed by atoms with Gasteiger partial charge >= 0.3 is 0 Å². The second kappa shape index (κ2) is 14.1. The Balaban J connectivity index is 2.10. The molecule has 0 heterocycles. The number of ether oxygens (including phenoxy) is 1. The highest BCUT2D eigenvalue weighted by molar-refractivity contribution is 7.92. The Morgan fingerprint density at radius 1 is 1.00 bits per heavy atom. The second-order valence-electron chi connectivity index (χ2n) is 10.4. The maximum absolute atomic E-state index is 14.1. The molecule has 0 aliphatic rings. The number of nitrogens with zero attached hydrogens (tertiary/aromatic N) is 3. The average Bonchev–Trinajstić information content (AvgIpc) is 2.98. The Morgan fingerprint density at radius 2 is 1.65 bits per heavy atom. The predicted octanol–water partition coefficient (Wildman–Crippen LogP) is 4.75. The third-order valence-electron chi connectivity index (χ3n) is 7.37. The van der Waals surface area contributed by atoms with Gasteiger partial charge in [0.1, 0.15) is 18.3 Å². The molecule has 2 amide bonds. The summed E-state index contributed by atoms with van der Waals surface area (Å²) in [5.41, 5.74) is 1.78. The van der Waals surface area contributed by atoms with Crippen molar-refractivity contribution in [3.63, 3.8) is 0 Å². The summed E-state index contributed by atoms with van der Waals surface area (Å²) in [6, 6.07) is 16.0. The van der Waals surface area contributed by atoms with Gasteiger partial charge in [0, 0.05) is 24.2 Å². The van der Waals surface area contributed by atoms with Gasteiger partial charge in [-0.3, -0.25) is 24.0 Å². The fourth-order valence-corrected chi connectivity index (χ4v) is 5.80. The van der Waals surface area contributed by atoms with Crippen molar-refractivity contribution in [2.45, 2.75) is 64.6 Å². The zero-order valence-corrected chi connectivity index (χ0v) is 26.1. The minimum atomic E-state index is -4.48. The number of hydrogen-bond donors (Lipinski definition) is 1. The Morgan fingerprint density at radius 3 is 2.23 bits per heavy atom. The number of anilines is 1. The summed E-state index contributed by atoms with van der Waals surface area (Å²) in [7, 11) is -3.02. The van der Waals surface area contributed by atoms with Crippen LogP contribution < -0.4 is 14.4 Å². The van der Waals surface area contributed by atoms with Crippen molar-refractivity contribution in [1.82, 2.24) is 10.2 Å². The van der Waals surface area contributed by atoms with E-state index in [9.17, 15) is 28.1 Å². The Hall–Kier alpha value is -4.45. The van der Waals surface area contributed by atoms with Crippen molar-refractivity contribution in [2.24, 2.45) is 0 Å². The highest BCUT2D eigenvalue weighted by Crippen LogP contribution is 2.29. The third-order valence-corrected chi connectivity index (χ3v) is 9.14. The first-order chi connectivity index (χ1) is 20.3. The zero-order valence-electron chi connectivity index (χ0n) is 25.2. The molecule has 0 aromatic heterocycles. The van der Waals surface area contributed by atoms with Crippen LogP contribution in [0.15, 0.2) is 71.6 Å². The molecule has 0 radical (unpaired) electrons. The van der Waals surface area contributed by atoms with E-state index >= 15 is 0 Å². The molecule has 11 nitrogen and oxygen atoms in total. The lowest BCUT2D eigenvalue weighted by molar-refractivity contribution is -0.385. The minimum Gasteiger partial charge on any atom is -0.497 e. The van der Waals surface area contributed by atoms with Gasteiger partial charge in [0.15, 0.2) is 0 Å². The van der Waals surface area contributed by atoms with Crippen molar-refractivity contribution in [1.29, 1.82) is 0 Å². The first kappa shape index (κ1) is 33.1. The van der Waals surface area contributed by atoms with E-state index in [0.29, 0.717) is 17.7 Å². The number of nitrogens with one attached hydrogen (secondary N) is 1. The van der Waals surface area contributed by atoms with Crippen LogP contribution in [0.5, 0.6) is 5.75 Å². The normalized spacial score (nSPS) is 12.6. The molecule has 0 spiro atoms. The van der Waals surface area contributed by atoms with E-state index in [1.807, 2.05) is 45.0 Å². The second-order valence-corrected chi connectivity index (χ2v) is 12.2. The van der Waals surface area contributed by atoms with Crippen molar-refractivity contribution in [3.8, 4) is 5.75 Å². The van der Waals surface area contributed by atoms with Crippen molar-refractivity contribution >= 4 is 33.2 Å². The fraction of sp³-hybridized carbons (Fsp3) is 0.355. The van der Waals surface area contributed by atoms with E-state index in [4.69, 9.17) is 4.74 Å². The number of benzene rings is 3. The van der Waals surface area contributed by atoms with Gasteiger partial charge in [-0.2, -0.15) is 0 Å². The van der Waals surface area contributed by atoms with Crippen LogP contribution in [-0.2, 0) is 26.2 Å². The SMILES string of the molecule is CC[C@H](C)NC(=O)[C@H](C)N(Cc1ccccc1C)C(=O)CN(c1ccc(OC)cc1)S(=O)(=O)c1ccc(C)c([N+](=O)[O-])c1. The van der Waals surface area contributed by atoms with Gasteiger partial charge in [0.2, 0.25) is 11.8 Å². The molecule has 12 heteroatoms. The maximum Gasteiger partial charge on any atom is 0.273 e. The molecule has 3 aromatic carbocycles. The van der Waals surface area contributed by atoms with Gasteiger partial charge in [-0.25, -0.2) is 8.42 Å².